The first-order valence-electron chi connectivity index (χ1n) is 7.73. The lowest BCUT2D eigenvalue weighted by Gasteiger charge is -2.31. The molecule has 0 aromatic carbocycles. The summed E-state index contributed by atoms with van der Waals surface area (Å²) in [6.45, 7) is 4.47. The van der Waals surface area contributed by atoms with E-state index in [4.69, 9.17) is 4.98 Å². The van der Waals surface area contributed by atoms with E-state index in [1.165, 1.54) is 45.1 Å². The van der Waals surface area contributed by atoms with E-state index in [0.717, 1.165) is 18.2 Å². The second-order valence-corrected chi connectivity index (χ2v) is 6.30. The second-order valence-electron chi connectivity index (χ2n) is 6.30. The number of likely N-dealkylation sites (N-methyl/N-ethyl adjacent to an activating group) is 1. The molecule has 1 unspecified atom stereocenters. The Kier molecular flexibility index (Phi) is 3.78. The fourth-order valence-electron chi connectivity index (χ4n) is 3.55. The number of imidazole rings is 1. The Labute approximate surface area is 116 Å². The van der Waals surface area contributed by atoms with E-state index in [0.29, 0.717) is 12.1 Å². The molecule has 0 amide bonds. The van der Waals surface area contributed by atoms with Gasteiger partial charge in [-0.1, -0.05) is 12.8 Å². The molecule has 2 aliphatic rings. The Morgan fingerprint density at radius 2 is 2.00 bits per heavy atom. The molecule has 1 saturated heterocycles. The third kappa shape index (κ3) is 2.94. The van der Waals surface area contributed by atoms with Crippen LogP contribution in [0.2, 0.25) is 0 Å². The molecule has 106 valence electrons. The Balaban J connectivity index is 1.72. The van der Waals surface area contributed by atoms with Crippen LogP contribution in [0, 0.1) is 6.92 Å². The first-order valence-corrected chi connectivity index (χ1v) is 7.73. The molecule has 19 heavy (non-hydrogen) atoms. The summed E-state index contributed by atoms with van der Waals surface area (Å²) in [7, 11) is 2.21. The summed E-state index contributed by atoms with van der Waals surface area (Å²) in [6.07, 6.45) is 10.1. The number of likely N-dealkylation sites (tertiary alicyclic amines) is 1. The van der Waals surface area contributed by atoms with Crippen LogP contribution in [-0.4, -0.2) is 40.6 Å². The topological polar surface area (TPSA) is 33.1 Å². The van der Waals surface area contributed by atoms with Crippen LogP contribution in [0.3, 0.4) is 0 Å². The van der Waals surface area contributed by atoms with Gasteiger partial charge < -0.3 is 14.8 Å². The highest BCUT2D eigenvalue weighted by atomic mass is 15.2. The molecule has 1 aliphatic heterocycles. The van der Waals surface area contributed by atoms with Crippen molar-refractivity contribution >= 4 is 5.95 Å². The molecule has 1 atom stereocenters. The predicted octanol–water partition coefficient (Wildman–Crippen LogP) is 2.81. The van der Waals surface area contributed by atoms with Gasteiger partial charge in [0.15, 0.2) is 0 Å². The lowest BCUT2D eigenvalue weighted by molar-refractivity contribution is 0.260. The van der Waals surface area contributed by atoms with Crippen molar-refractivity contribution in [2.45, 2.75) is 57.5 Å². The van der Waals surface area contributed by atoms with Crippen LogP contribution in [0.1, 0.15) is 50.3 Å². The molecule has 4 nitrogen and oxygen atoms in total. The van der Waals surface area contributed by atoms with Crippen molar-refractivity contribution in [2.24, 2.45) is 0 Å². The average Bonchev–Trinajstić information content (AvgIpc) is 2.98. The van der Waals surface area contributed by atoms with E-state index in [1.807, 2.05) is 0 Å². The third-order valence-electron chi connectivity index (χ3n) is 4.53. The molecule has 1 aromatic heterocycles. The summed E-state index contributed by atoms with van der Waals surface area (Å²) in [5.74, 6) is 1.10. The van der Waals surface area contributed by atoms with Crippen LogP contribution in [0.15, 0.2) is 6.20 Å². The summed E-state index contributed by atoms with van der Waals surface area (Å²) >= 11 is 0. The van der Waals surface area contributed by atoms with E-state index in [-0.39, 0.29) is 0 Å². The van der Waals surface area contributed by atoms with Crippen LogP contribution in [-0.2, 0) is 0 Å². The highest BCUT2D eigenvalue weighted by Gasteiger charge is 2.23. The molecule has 0 spiro atoms. The number of anilines is 1. The molecule has 1 aliphatic carbocycles. The van der Waals surface area contributed by atoms with Crippen LogP contribution in [0.5, 0.6) is 0 Å². The van der Waals surface area contributed by atoms with Crippen molar-refractivity contribution in [3.8, 4) is 0 Å². The van der Waals surface area contributed by atoms with Gasteiger partial charge in [-0.3, -0.25) is 0 Å². The van der Waals surface area contributed by atoms with Gasteiger partial charge in [0.1, 0.15) is 0 Å². The molecule has 2 heterocycles. The van der Waals surface area contributed by atoms with Gasteiger partial charge in [-0.25, -0.2) is 4.98 Å². The lowest BCUT2D eigenvalue weighted by atomic mass is 10.1. The van der Waals surface area contributed by atoms with Crippen molar-refractivity contribution in [1.29, 1.82) is 0 Å². The van der Waals surface area contributed by atoms with Gasteiger partial charge in [-0.05, 0) is 46.2 Å². The van der Waals surface area contributed by atoms with Crippen LogP contribution < -0.4 is 5.32 Å². The van der Waals surface area contributed by atoms with E-state index in [9.17, 15) is 0 Å². The van der Waals surface area contributed by atoms with Gasteiger partial charge >= 0.3 is 0 Å². The summed E-state index contributed by atoms with van der Waals surface area (Å²) in [6, 6.07) is 1.23. The Hall–Kier alpha value is -1.03. The monoisotopic (exact) mass is 262 g/mol. The largest absolute Gasteiger partial charge is 0.352 e. The summed E-state index contributed by atoms with van der Waals surface area (Å²) in [5.41, 5.74) is 1.14. The maximum atomic E-state index is 4.71. The molecule has 3 rings (SSSR count). The first-order chi connectivity index (χ1) is 9.22. The number of piperidine rings is 1. The van der Waals surface area contributed by atoms with Crippen molar-refractivity contribution in [2.75, 3.05) is 25.5 Å². The summed E-state index contributed by atoms with van der Waals surface area (Å²) in [4.78, 5) is 7.12. The molecule has 4 heteroatoms. The average molecular weight is 262 g/mol. The molecule has 1 N–H and O–H groups in total. The highest BCUT2D eigenvalue weighted by molar-refractivity contribution is 5.31. The molecule has 2 fully saturated rings. The Bertz CT molecular complexity index is 420. The van der Waals surface area contributed by atoms with Gasteiger partial charge in [0.05, 0.1) is 5.69 Å². The molecule has 0 bridgehead atoms. The maximum absolute atomic E-state index is 4.71. The second kappa shape index (κ2) is 5.53. The van der Waals surface area contributed by atoms with Gasteiger partial charge in [-0.15, -0.1) is 0 Å². The van der Waals surface area contributed by atoms with Gasteiger partial charge in [0.2, 0.25) is 5.95 Å². The number of hydrogen-bond donors (Lipinski definition) is 1. The molecular formula is C15H26N4. The third-order valence-corrected chi connectivity index (χ3v) is 4.53. The van der Waals surface area contributed by atoms with Crippen molar-refractivity contribution < 1.29 is 0 Å². The number of nitrogens with one attached hydrogen (secondary N) is 1. The minimum atomic E-state index is 0.556. The normalized spacial score (nSPS) is 25.9. The van der Waals surface area contributed by atoms with Crippen LogP contribution in [0.25, 0.3) is 0 Å². The van der Waals surface area contributed by atoms with Gasteiger partial charge in [0.25, 0.3) is 0 Å². The molecule has 0 radical (unpaired) electrons. The van der Waals surface area contributed by atoms with E-state index < -0.39 is 0 Å². The highest BCUT2D eigenvalue weighted by Crippen LogP contribution is 2.32. The maximum Gasteiger partial charge on any atom is 0.203 e. The number of aromatic nitrogens is 2. The predicted molar refractivity (Wildman–Crippen MR) is 78.6 cm³/mol. The summed E-state index contributed by atoms with van der Waals surface area (Å²) < 4.78 is 2.40. The number of aryl methyl sites for hydroxylation is 1. The van der Waals surface area contributed by atoms with E-state index >= 15 is 0 Å². The fourth-order valence-corrected chi connectivity index (χ4v) is 3.55. The minimum absolute atomic E-state index is 0.556. The Morgan fingerprint density at radius 3 is 2.74 bits per heavy atom. The lowest BCUT2D eigenvalue weighted by Crippen LogP contribution is -2.40. The van der Waals surface area contributed by atoms with Crippen LogP contribution in [0.4, 0.5) is 5.95 Å². The zero-order valence-electron chi connectivity index (χ0n) is 12.2. The first kappa shape index (κ1) is 13.0. The van der Waals surface area contributed by atoms with Crippen molar-refractivity contribution in [1.82, 2.24) is 14.5 Å². The van der Waals surface area contributed by atoms with Crippen molar-refractivity contribution in [3.05, 3.63) is 11.9 Å². The van der Waals surface area contributed by atoms with E-state index in [1.54, 1.807) is 0 Å². The minimum Gasteiger partial charge on any atom is -0.352 e. The SMILES string of the molecule is Cc1cn(C2CCCC2)c(NC2CCCN(C)C2)n1. The summed E-state index contributed by atoms with van der Waals surface area (Å²) in [5, 5.41) is 3.69. The zero-order valence-corrected chi connectivity index (χ0v) is 12.2. The Morgan fingerprint density at radius 1 is 1.21 bits per heavy atom. The van der Waals surface area contributed by atoms with Gasteiger partial charge in [-0.2, -0.15) is 0 Å². The zero-order chi connectivity index (χ0) is 13.2. The van der Waals surface area contributed by atoms with Gasteiger partial charge in [0, 0.05) is 24.8 Å². The number of rotatable bonds is 3. The van der Waals surface area contributed by atoms with E-state index in [2.05, 4.69) is 35.0 Å². The molecular weight excluding hydrogens is 236 g/mol. The smallest absolute Gasteiger partial charge is 0.203 e. The number of hydrogen-bond acceptors (Lipinski definition) is 3. The quantitative estimate of drug-likeness (QED) is 0.909. The standard InChI is InChI=1S/C15H26N4/c1-12-10-19(14-7-3-4-8-14)15(16-12)17-13-6-5-9-18(2)11-13/h10,13-14H,3-9,11H2,1-2H3,(H,16,17). The van der Waals surface area contributed by atoms with Crippen molar-refractivity contribution in [3.63, 3.8) is 0 Å². The number of nitrogens with zero attached hydrogens (tertiary/aromatic N) is 3. The van der Waals surface area contributed by atoms with Crippen LogP contribution >= 0.6 is 0 Å². The molecule has 1 aromatic rings. The fraction of sp³-hybridized carbons (Fsp3) is 0.800. The molecule has 1 saturated carbocycles.